The van der Waals surface area contributed by atoms with Crippen molar-refractivity contribution in [3.8, 4) is 17.2 Å². The lowest BCUT2D eigenvalue weighted by molar-refractivity contribution is 0.174. The molecule has 1 saturated carbocycles. The lowest BCUT2D eigenvalue weighted by Gasteiger charge is -2.39. The first kappa shape index (κ1) is 18.0. The molecule has 1 aliphatic carbocycles. The molecular weight excluding hydrogens is 366 g/mol. The molecule has 0 spiro atoms. The molecule has 29 heavy (non-hydrogen) atoms. The van der Waals surface area contributed by atoms with E-state index in [-0.39, 0.29) is 12.3 Å². The van der Waals surface area contributed by atoms with Gasteiger partial charge < -0.3 is 14.8 Å². The van der Waals surface area contributed by atoms with Crippen LogP contribution in [0.25, 0.3) is 5.69 Å². The highest BCUT2D eigenvalue weighted by Crippen LogP contribution is 2.42. The molecule has 2 aromatic carbocycles. The van der Waals surface area contributed by atoms with E-state index in [2.05, 4.69) is 59.0 Å². The molecule has 1 aromatic heterocycles. The molecule has 5 rings (SSSR count). The lowest BCUT2D eigenvalue weighted by atomic mass is 9.76. The van der Waals surface area contributed by atoms with Crippen LogP contribution in [-0.4, -0.2) is 27.0 Å². The van der Waals surface area contributed by atoms with Crippen LogP contribution in [0.5, 0.6) is 11.5 Å². The van der Waals surface area contributed by atoms with Crippen LogP contribution < -0.4 is 14.8 Å². The van der Waals surface area contributed by atoms with Crippen LogP contribution in [0.1, 0.15) is 44.0 Å². The normalized spacial score (nSPS) is 23.2. The third kappa shape index (κ3) is 3.30. The minimum atomic E-state index is -0.319. The van der Waals surface area contributed by atoms with Gasteiger partial charge in [-0.05, 0) is 78.8 Å². The summed E-state index contributed by atoms with van der Waals surface area (Å²) in [5, 5.41) is 16.7. The summed E-state index contributed by atoms with van der Waals surface area (Å²) in [7, 11) is 0. The van der Waals surface area contributed by atoms with Gasteiger partial charge in [0, 0.05) is 11.8 Å². The first-order valence-electron chi connectivity index (χ1n) is 10.2. The highest BCUT2D eigenvalue weighted by Gasteiger charge is 2.41. The van der Waals surface area contributed by atoms with Crippen molar-refractivity contribution in [3.05, 3.63) is 53.9 Å². The van der Waals surface area contributed by atoms with E-state index in [9.17, 15) is 0 Å². The third-order valence-corrected chi connectivity index (χ3v) is 6.03. The van der Waals surface area contributed by atoms with E-state index in [1.807, 2.05) is 22.9 Å². The molecule has 0 amide bonds. The van der Waals surface area contributed by atoms with Gasteiger partial charge in [-0.25, -0.2) is 0 Å². The monoisotopic (exact) mass is 391 g/mol. The van der Waals surface area contributed by atoms with Crippen LogP contribution in [0, 0.1) is 12.8 Å². The van der Waals surface area contributed by atoms with E-state index in [1.165, 1.54) is 5.56 Å². The number of ether oxygens (including phenoxy) is 2. The molecule has 2 aliphatic rings. The zero-order valence-corrected chi connectivity index (χ0v) is 16.8. The molecule has 1 fully saturated rings. The van der Waals surface area contributed by atoms with Gasteiger partial charge in [0.05, 0.1) is 11.2 Å². The highest BCUT2D eigenvalue weighted by atomic mass is 16.7. The molecule has 0 saturated heterocycles. The Kier molecular flexibility index (Phi) is 4.38. The Labute approximate surface area is 170 Å². The number of hydrogen-bond donors (Lipinski definition) is 1. The average Bonchev–Trinajstić information content (AvgIpc) is 3.39. The Morgan fingerprint density at radius 3 is 2.72 bits per heavy atom. The number of fused-ring (bicyclic) bond motifs is 1. The van der Waals surface area contributed by atoms with Crippen LogP contribution >= 0.6 is 0 Å². The van der Waals surface area contributed by atoms with Crippen molar-refractivity contribution in [3.63, 3.8) is 0 Å². The van der Waals surface area contributed by atoms with Crippen molar-refractivity contribution < 1.29 is 9.47 Å². The fourth-order valence-corrected chi connectivity index (χ4v) is 4.33. The minimum Gasteiger partial charge on any atom is -0.454 e. The number of rotatable bonds is 4. The third-order valence-electron chi connectivity index (χ3n) is 6.03. The molecule has 0 unspecified atom stereocenters. The number of nitrogens with zero attached hydrogens (tertiary/aromatic N) is 4. The zero-order chi connectivity index (χ0) is 19.8. The first-order valence-corrected chi connectivity index (χ1v) is 10.2. The molecule has 150 valence electrons. The van der Waals surface area contributed by atoms with Crippen molar-refractivity contribution in [2.24, 2.45) is 5.92 Å². The topological polar surface area (TPSA) is 74.1 Å². The summed E-state index contributed by atoms with van der Waals surface area (Å²) in [4.78, 5) is 0. The zero-order valence-electron chi connectivity index (χ0n) is 16.8. The summed E-state index contributed by atoms with van der Waals surface area (Å²) in [5.74, 6) is 3.02. The number of nitrogens with one attached hydrogen (secondary N) is 1. The van der Waals surface area contributed by atoms with Gasteiger partial charge in [0.25, 0.3) is 0 Å². The van der Waals surface area contributed by atoms with E-state index in [0.29, 0.717) is 5.92 Å². The van der Waals surface area contributed by atoms with Gasteiger partial charge >= 0.3 is 0 Å². The van der Waals surface area contributed by atoms with Crippen molar-refractivity contribution in [1.29, 1.82) is 0 Å². The Balaban J connectivity index is 1.56. The average molecular weight is 391 g/mol. The summed E-state index contributed by atoms with van der Waals surface area (Å²) in [6.45, 7) is 4.67. The molecule has 1 N–H and O–H groups in total. The standard InChI is InChI=1S/C22H25N5O2/c1-15-8-10-22(11-9-15,23-17-5-3-4-16(2)12-17)21-24-25-26-27(21)18-6-7-19-20(13-18)29-14-28-19/h3-7,12-13,15,23H,8-11,14H2,1-2H3. The van der Waals surface area contributed by atoms with Crippen molar-refractivity contribution >= 4 is 5.69 Å². The van der Waals surface area contributed by atoms with Gasteiger partial charge in [-0.3, -0.25) is 0 Å². The molecule has 2 heterocycles. The van der Waals surface area contributed by atoms with E-state index >= 15 is 0 Å². The van der Waals surface area contributed by atoms with Crippen LogP contribution in [0.2, 0.25) is 0 Å². The van der Waals surface area contributed by atoms with E-state index in [4.69, 9.17) is 9.47 Å². The van der Waals surface area contributed by atoms with Crippen LogP contribution in [0.4, 0.5) is 5.69 Å². The number of tetrazole rings is 1. The molecule has 1 aliphatic heterocycles. The maximum Gasteiger partial charge on any atom is 0.231 e. The second-order valence-electron chi connectivity index (χ2n) is 8.21. The van der Waals surface area contributed by atoms with E-state index in [0.717, 1.165) is 54.4 Å². The van der Waals surface area contributed by atoms with Crippen LogP contribution in [0.15, 0.2) is 42.5 Å². The van der Waals surface area contributed by atoms with Gasteiger partial charge in [-0.2, -0.15) is 4.68 Å². The fraction of sp³-hybridized carbons (Fsp3) is 0.409. The number of benzene rings is 2. The summed E-state index contributed by atoms with van der Waals surface area (Å²) >= 11 is 0. The maximum atomic E-state index is 5.55. The molecule has 0 atom stereocenters. The van der Waals surface area contributed by atoms with Crippen molar-refractivity contribution in [1.82, 2.24) is 20.2 Å². The fourth-order valence-electron chi connectivity index (χ4n) is 4.33. The smallest absolute Gasteiger partial charge is 0.231 e. The summed E-state index contributed by atoms with van der Waals surface area (Å²) in [6.07, 6.45) is 4.22. The summed E-state index contributed by atoms with van der Waals surface area (Å²) < 4.78 is 12.8. The molecule has 3 aromatic rings. The van der Waals surface area contributed by atoms with Gasteiger partial charge in [0.1, 0.15) is 0 Å². The number of aromatic nitrogens is 4. The SMILES string of the molecule is Cc1cccc(NC2(c3nnnn3-c3ccc4c(c3)OCO4)CCC(C)CC2)c1. The predicted molar refractivity (Wildman–Crippen MR) is 109 cm³/mol. The summed E-state index contributed by atoms with van der Waals surface area (Å²) in [5.41, 5.74) is 2.88. The Morgan fingerprint density at radius 2 is 1.90 bits per heavy atom. The van der Waals surface area contributed by atoms with Gasteiger partial charge in [-0.1, -0.05) is 19.1 Å². The number of aryl methyl sites for hydroxylation is 1. The second-order valence-corrected chi connectivity index (χ2v) is 8.21. The van der Waals surface area contributed by atoms with Gasteiger partial charge in [0.15, 0.2) is 17.3 Å². The second kappa shape index (κ2) is 7.06. The molecule has 0 radical (unpaired) electrons. The minimum absolute atomic E-state index is 0.248. The summed E-state index contributed by atoms with van der Waals surface area (Å²) in [6, 6.07) is 14.3. The quantitative estimate of drug-likeness (QED) is 0.718. The van der Waals surface area contributed by atoms with Gasteiger partial charge in [-0.15, -0.1) is 5.10 Å². The molecular formula is C22H25N5O2. The highest BCUT2D eigenvalue weighted by molar-refractivity contribution is 5.52. The molecule has 0 bridgehead atoms. The van der Waals surface area contributed by atoms with E-state index < -0.39 is 0 Å². The van der Waals surface area contributed by atoms with Crippen molar-refractivity contribution in [2.75, 3.05) is 12.1 Å². The van der Waals surface area contributed by atoms with Crippen molar-refractivity contribution in [2.45, 2.75) is 45.1 Å². The lowest BCUT2D eigenvalue weighted by Crippen LogP contribution is -2.41. The number of anilines is 1. The molecule has 7 heteroatoms. The Morgan fingerprint density at radius 1 is 1.07 bits per heavy atom. The van der Waals surface area contributed by atoms with E-state index in [1.54, 1.807) is 0 Å². The molecule has 7 nitrogen and oxygen atoms in total. The first-order chi connectivity index (χ1) is 14.1. The maximum absolute atomic E-state index is 5.55. The largest absolute Gasteiger partial charge is 0.454 e. The predicted octanol–water partition coefficient (Wildman–Crippen LogP) is 4.22. The number of hydrogen-bond acceptors (Lipinski definition) is 6. The Bertz CT molecular complexity index is 1020. The Hall–Kier alpha value is -3.09. The van der Waals surface area contributed by atoms with Gasteiger partial charge in [0.2, 0.25) is 6.79 Å². The van der Waals surface area contributed by atoms with Crippen LogP contribution in [0.3, 0.4) is 0 Å². The van der Waals surface area contributed by atoms with Crippen LogP contribution in [-0.2, 0) is 5.54 Å².